The zero-order chi connectivity index (χ0) is 20.1. The number of nitrogens with one attached hydrogen (secondary N) is 3. The maximum atomic E-state index is 12.1. The normalized spacial score (nSPS) is 22.6. The number of carbonyl (C=O) groups excluding carboxylic acids is 2. The molecule has 0 radical (unpaired) electrons. The molecular formula is C17H20N6O4S. The van der Waals surface area contributed by atoms with Crippen molar-refractivity contribution in [3.63, 3.8) is 0 Å². The van der Waals surface area contributed by atoms with E-state index in [4.69, 9.17) is 5.53 Å². The first-order chi connectivity index (χ1) is 13.5. The highest BCUT2D eigenvalue weighted by Gasteiger charge is 2.42. The van der Waals surface area contributed by atoms with Crippen molar-refractivity contribution < 1.29 is 19.3 Å². The molecule has 2 saturated heterocycles. The van der Waals surface area contributed by atoms with Gasteiger partial charge in [-0.3, -0.25) is 14.9 Å². The first kappa shape index (κ1) is 19.8. The van der Waals surface area contributed by atoms with E-state index in [1.54, 1.807) is 0 Å². The Bertz CT molecular complexity index is 841. The molecule has 0 bridgehead atoms. The number of nitrogens with zero attached hydrogens (tertiary/aromatic N) is 3. The minimum Gasteiger partial charge on any atom is -0.361 e. The Morgan fingerprint density at radius 1 is 1.43 bits per heavy atom. The van der Waals surface area contributed by atoms with Gasteiger partial charge in [-0.05, 0) is 25.0 Å². The van der Waals surface area contributed by atoms with Gasteiger partial charge in [0.05, 0.1) is 17.0 Å². The number of carbonyl (C=O) groups is 2. The second-order valence-corrected chi connectivity index (χ2v) is 7.96. The lowest BCUT2D eigenvalue weighted by atomic mass is 10.0. The summed E-state index contributed by atoms with van der Waals surface area (Å²) in [7, 11) is 0. The molecule has 3 atom stereocenters. The van der Waals surface area contributed by atoms with Gasteiger partial charge in [0.15, 0.2) is 0 Å². The third-order valence-electron chi connectivity index (χ3n) is 4.79. The summed E-state index contributed by atoms with van der Waals surface area (Å²) in [4.78, 5) is 36.8. The van der Waals surface area contributed by atoms with E-state index in [-0.39, 0.29) is 35.3 Å². The van der Waals surface area contributed by atoms with Gasteiger partial charge >= 0.3 is 6.03 Å². The summed E-state index contributed by atoms with van der Waals surface area (Å²) < 4.78 is 0. The number of amides is 3. The number of fused-ring (bicyclic) bond motifs is 1. The van der Waals surface area contributed by atoms with Crippen molar-refractivity contribution in [3.8, 4) is 0 Å². The third kappa shape index (κ3) is 4.68. The van der Waals surface area contributed by atoms with Crippen LogP contribution in [0.4, 0.5) is 16.2 Å². The summed E-state index contributed by atoms with van der Waals surface area (Å²) in [6.45, 7) is 0. The number of nitro groups is 1. The van der Waals surface area contributed by atoms with Gasteiger partial charge < -0.3 is 21.5 Å². The summed E-state index contributed by atoms with van der Waals surface area (Å²) in [5.41, 5.74) is 8.77. The molecule has 2 aliphatic heterocycles. The number of urea groups is 1. The predicted molar refractivity (Wildman–Crippen MR) is 104 cm³/mol. The van der Waals surface area contributed by atoms with Gasteiger partial charge in [-0.2, -0.15) is 16.6 Å². The second kappa shape index (κ2) is 8.85. The Balaban J connectivity index is 1.44. The molecule has 0 spiro atoms. The summed E-state index contributed by atoms with van der Waals surface area (Å²) in [6, 6.07) is 4.41. The summed E-state index contributed by atoms with van der Waals surface area (Å²) in [5, 5.41) is 19.9. The largest absolute Gasteiger partial charge is 0.361 e. The smallest absolute Gasteiger partial charge is 0.315 e. The molecule has 0 aromatic heterocycles. The maximum Gasteiger partial charge on any atom is 0.315 e. The fourth-order valence-corrected chi connectivity index (χ4v) is 4.99. The Hall–Kier alpha value is -2.91. The fourth-order valence-electron chi connectivity index (χ4n) is 3.45. The van der Waals surface area contributed by atoms with Crippen molar-refractivity contribution >= 4 is 41.3 Å². The number of hydrogen-bond donors (Lipinski definition) is 3. The molecule has 11 heteroatoms. The molecule has 10 nitrogen and oxygen atoms in total. The van der Waals surface area contributed by atoms with E-state index < -0.39 is 4.92 Å². The molecule has 0 saturated carbocycles. The van der Waals surface area contributed by atoms with Crippen LogP contribution < -0.4 is 16.0 Å². The molecular weight excluding hydrogens is 384 g/mol. The molecule has 1 aromatic rings. The summed E-state index contributed by atoms with van der Waals surface area (Å²) in [5.74, 6) is 0.690. The van der Waals surface area contributed by atoms with Crippen LogP contribution in [0.15, 0.2) is 18.2 Å². The molecule has 3 unspecified atom stereocenters. The highest BCUT2D eigenvalue weighted by Crippen LogP contribution is 2.33. The molecule has 2 fully saturated rings. The van der Waals surface area contributed by atoms with Crippen molar-refractivity contribution in [2.24, 2.45) is 0 Å². The minimum absolute atomic E-state index is 0.106. The lowest BCUT2D eigenvalue weighted by Gasteiger charge is -2.16. The van der Waals surface area contributed by atoms with Crippen LogP contribution in [0.25, 0.3) is 5.53 Å². The topological polar surface area (TPSA) is 150 Å². The molecule has 2 heterocycles. The number of thioether (sulfide) groups is 1. The van der Waals surface area contributed by atoms with Crippen LogP contribution in [0.1, 0.15) is 31.2 Å². The van der Waals surface area contributed by atoms with Crippen LogP contribution in [-0.4, -0.2) is 51.0 Å². The van der Waals surface area contributed by atoms with Crippen molar-refractivity contribution in [2.45, 2.75) is 43.0 Å². The van der Waals surface area contributed by atoms with E-state index in [2.05, 4.69) is 20.7 Å². The first-order valence-corrected chi connectivity index (χ1v) is 9.97. The third-order valence-corrected chi connectivity index (χ3v) is 6.30. The molecule has 3 amide bonds. The molecule has 1 aromatic carbocycles. The maximum absolute atomic E-state index is 12.1. The van der Waals surface area contributed by atoms with Crippen molar-refractivity contribution in [3.05, 3.63) is 39.4 Å². The number of nitro benzene ring substituents is 1. The Kier molecular flexibility index (Phi) is 6.27. The number of rotatable bonds is 8. The lowest BCUT2D eigenvalue weighted by molar-refractivity contribution is -0.385. The van der Waals surface area contributed by atoms with E-state index in [1.165, 1.54) is 18.2 Å². The molecule has 148 valence electrons. The minimum atomic E-state index is -0.601. The van der Waals surface area contributed by atoms with E-state index in [0.29, 0.717) is 23.8 Å². The average molecular weight is 404 g/mol. The molecule has 3 rings (SSSR count). The lowest BCUT2D eigenvalue weighted by Crippen LogP contribution is -2.36. The number of benzene rings is 1. The summed E-state index contributed by atoms with van der Waals surface area (Å²) >= 11 is 1.84. The Morgan fingerprint density at radius 2 is 2.25 bits per heavy atom. The van der Waals surface area contributed by atoms with Crippen LogP contribution >= 0.6 is 11.8 Å². The number of anilines is 1. The molecule has 2 aliphatic rings. The van der Waals surface area contributed by atoms with E-state index in [9.17, 15) is 19.7 Å². The Labute approximate surface area is 165 Å². The van der Waals surface area contributed by atoms with Crippen LogP contribution in [-0.2, 0) is 4.79 Å². The number of unbranched alkanes of at least 4 members (excludes halogenated alkanes) is 1. The number of hydrogen-bond acceptors (Lipinski definition) is 5. The van der Waals surface area contributed by atoms with Gasteiger partial charge in [-0.1, -0.05) is 6.42 Å². The van der Waals surface area contributed by atoms with Gasteiger partial charge in [0.1, 0.15) is 5.56 Å². The second-order valence-electron chi connectivity index (χ2n) is 6.69. The van der Waals surface area contributed by atoms with E-state index >= 15 is 0 Å². The van der Waals surface area contributed by atoms with Gasteiger partial charge in [0, 0.05) is 29.2 Å². The van der Waals surface area contributed by atoms with Crippen LogP contribution in [0.5, 0.6) is 0 Å². The standard InChI is InChI=1S/C17H20N6O4S/c18-19-8-10-5-6-11(7-13(10)23(26)27)20-15(24)4-2-1-3-14-16-12(9-28-14)21-17(25)22-16/h5-8,12,14,16H,1-4,9H2,(H,20,24)(H2,21,22,25). The van der Waals surface area contributed by atoms with Crippen LogP contribution in [0, 0.1) is 10.1 Å². The first-order valence-electron chi connectivity index (χ1n) is 8.92. The molecule has 28 heavy (non-hydrogen) atoms. The zero-order valence-electron chi connectivity index (χ0n) is 15.0. The van der Waals surface area contributed by atoms with Crippen molar-refractivity contribution in [2.75, 3.05) is 11.1 Å². The van der Waals surface area contributed by atoms with Gasteiger partial charge in [0.25, 0.3) is 11.9 Å². The highest BCUT2D eigenvalue weighted by atomic mass is 32.2. The molecule has 3 N–H and O–H groups in total. The molecule has 0 aliphatic carbocycles. The van der Waals surface area contributed by atoms with Crippen LogP contribution in [0.3, 0.4) is 0 Å². The summed E-state index contributed by atoms with van der Waals surface area (Å²) in [6.07, 6.45) is 3.75. The highest BCUT2D eigenvalue weighted by molar-refractivity contribution is 8.00. The Morgan fingerprint density at radius 3 is 3.00 bits per heavy atom. The van der Waals surface area contributed by atoms with E-state index in [0.717, 1.165) is 24.8 Å². The predicted octanol–water partition coefficient (Wildman–Crippen LogP) is 1.91. The van der Waals surface area contributed by atoms with E-state index in [1.807, 2.05) is 11.8 Å². The van der Waals surface area contributed by atoms with Gasteiger partial charge in [-0.25, -0.2) is 4.79 Å². The van der Waals surface area contributed by atoms with Gasteiger partial charge in [0.2, 0.25) is 5.91 Å². The quantitative estimate of drug-likeness (QED) is 0.115. The fraction of sp³-hybridized carbons (Fsp3) is 0.471. The average Bonchev–Trinajstić information content (AvgIpc) is 3.19. The monoisotopic (exact) mass is 404 g/mol. The SMILES string of the molecule is [N-]=[N+]=Cc1ccc(NC(=O)CCCCC2SCC3NC(=O)NC32)cc1[N+](=O)[O-]. The van der Waals surface area contributed by atoms with Crippen molar-refractivity contribution in [1.29, 1.82) is 0 Å². The van der Waals surface area contributed by atoms with Crippen LogP contribution in [0.2, 0.25) is 0 Å². The zero-order valence-corrected chi connectivity index (χ0v) is 15.8. The van der Waals surface area contributed by atoms with Gasteiger partial charge in [-0.15, -0.1) is 0 Å². The van der Waals surface area contributed by atoms with Crippen molar-refractivity contribution in [1.82, 2.24) is 10.6 Å².